The van der Waals surface area contributed by atoms with E-state index in [1.165, 1.54) is 28.1 Å². The summed E-state index contributed by atoms with van der Waals surface area (Å²) in [6.45, 7) is 6.36. The van der Waals surface area contributed by atoms with Gasteiger partial charge >= 0.3 is 0 Å². The van der Waals surface area contributed by atoms with Gasteiger partial charge in [0, 0.05) is 31.1 Å². The molecular weight excluding hydrogens is 428 g/mol. The number of fused-ring (bicyclic) bond motifs is 1. The predicted molar refractivity (Wildman–Crippen MR) is 135 cm³/mol. The third-order valence-corrected chi connectivity index (χ3v) is 7.84. The van der Waals surface area contributed by atoms with Crippen LogP contribution < -0.4 is 5.32 Å². The van der Waals surface area contributed by atoms with Crippen LogP contribution in [-0.2, 0) is 17.6 Å². The highest BCUT2D eigenvalue weighted by Crippen LogP contribution is 2.32. The first kappa shape index (κ1) is 22.3. The fourth-order valence-electron chi connectivity index (χ4n) is 5.02. The van der Waals surface area contributed by atoms with Crippen molar-refractivity contribution in [2.75, 3.05) is 38.0 Å². The van der Waals surface area contributed by atoms with Crippen LogP contribution >= 0.6 is 11.3 Å². The number of thiazole rings is 1. The van der Waals surface area contributed by atoms with Crippen LogP contribution in [0.1, 0.15) is 41.1 Å². The maximum absolute atomic E-state index is 12.7. The molecule has 0 spiro atoms. The monoisotopic (exact) mass is 460 g/mol. The molecule has 2 heterocycles. The van der Waals surface area contributed by atoms with Crippen LogP contribution in [-0.4, -0.2) is 53.4 Å². The number of benzene rings is 2. The van der Waals surface area contributed by atoms with Crippen molar-refractivity contribution in [3.05, 3.63) is 82.4 Å². The average Bonchev–Trinajstić information content (AvgIpc) is 3.23. The number of piperazine rings is 1. The van der Waals surface area contributed by atoms with Crippen molar-refractivity contribution in [3.63, 3.8) is 0 Å². The van der Waals surface area contributed by atoms with Gasteiger partial charge in [-0.25, -0.2) is 4.98 Å². The molecule has 1 fully saturated rings. The molecule has 5 nitrogen and oxygen atoms in total. The zero-order valence-electron chi connectivity index (χ0n) is 19.2. The highest BCUT2D eigenvalue weighted by atomic mass is 32.1. The van der Waals surface area contributed by atoms with Crippen LogP contribution in [0.15, 0.2) is 60.7 Å². The Kier molecular flexibility index (Phi) is 6.85. The summed E-state index contributed by atoms with van der Waals surface area (Å²) in [5.74, 6) is 0.763. The van der Waals surface area contributed by atoms with Crippen molar-refractivity contribution < 1.29 is 4.79 Å². The molecule has 0 bridgehead atoms. The number of rotatable bonds is 6. The molecule has 1 N–H and O–H groups in total. The molecule has 2 aromatic carbocycles. The van der Waals surface area contributed by atoms with Crippen molar-refractivity contribution >= 4 is 22.4 Å². The Morgan fingerprint density at radius 1 is 1.03 bits per heavy atom. The van der Waals surface area contributed by atoms with E-state index in [1.807, 2.05) is 0 Å². The topological polar surface area (TPSA) is 48.5 Å². The van der Waals surface area contributed by atoms with Gasteiger partial charge in [-0.1, -0.05) is 67.6 Å². The van der Waals surface area contributed by atoms with E-state index >= 15 is 0 Å². The molecule has 6 heteroatoms. The molecule has 1 aromatic heterocycles. The first-order chi connectivity index (χ1) is 16.2. The molecule has 172 valence electrons. The number of nitrogens with zero attached hydrogens (tertiary/aromatic N) is 3. The van der Waals surface area contributed by atoms with Gasteiger partial charge in [-0.05, 0) is 36.3 Å². The van der Waals surface area contributed by atoms with Crippen LogP contribution in [0, 0.1) is 5.92 Å². The van der Waals surface area contributed by atoms with Gasteiger partial charge in [-0.2, -0.15) is 0 Å². The molecule has 1 amide bonds. The van der Waals surface area contributed by atoms with Crippen LogP contribution in [0.25, 0.3) is 0 Å². The molecule has 2 aliphatic rings. The fourth-order valence-corrected chi connectivity index (χ4v) is 6.21. The van der Waals surface area contributed by atoms with Crippen molar-refractivity contribution in [2.45, 2.75) is 32.2 Å². The van der Waals surface area contributed by atoms with Crippen molar-refractivity contribution in [3.8, 4) is 0 Å². The first-order valence-corrected chi connectivity index (χ1v) is 12.8. The molecule has 5 rings (SSSR count). The number of aromatic nitrogens is 1. The molecule has 33 heavy (non-hydrogen) atoms. The lowest BCUT2D eigenvalue weighted by Gasteiger charge is -2.39. The average molecular weight is 461 g/mol. The second-order valence-electron chi connectivity index (χ2n) is 9.32. The van der Waals surface area contributed by atoms with Crippen molar-refractivity contribution in [2.24, 2.45) is 5.92 Å². The largest absolute Gasteiger partial charge is 0.301 e. The number of carbonyl (C=O) groups is 1. The highest BCUT2D eigenvalue weighted by Gasteiger charge is 2.27. The lowest BCUT2D eigenvalue weighted by Crippen LogP contribution is -2.49. The molecule has 1 unspecified atom stereocenters. The number of aryl methyl sites for hydroxylation is 1. The Hall–Kier alpha value is -2.54. The quantitative estimate of drug-likeness (QED) is 0.583. The van der Waals surface area contributed by atoms with Crippen LogP contribution in [0.3, 0.4) is 0 Å². The summed E-state index contributed by atoms with van der Waals surface area (Å²) in [7, 11) is 0. The van der Waals surface area contributed by atoms with Gasteiger partial charge in [0.25, 0.3) is 0 Å². The van der Waals surface area contributed by atoms with E-state index < -0.39 is 0 Å². The smallest absolute Gasteiger partial charge is 0.240 e. The Morgan fingerprint density at radius 3 is 2.30 bits per heavy atom. The Labute approximate surface area is 200 Å². The first-order valence-electron chi connectivity index (χ1n) is 12.0. The van der Waals surface area contributed by atoms with E-state index in [-0.39, 0.29) is 11.9 Å². The van der Waals surface area contributed by atoms with Crippen LogP contribution in [0.4, 0.5) is 5.13 Å². The lowest BCUT2D eigenvalue weighted by molar-refractivity contribution is -0.117. The predicted octanol–water partition coefficient (Wildman–Crippen LogP) is 4.61. The third kappa shape index (κ3) is 5.35. The molecule has 0 radical (unpaired) electrons. The summed E-state index contributed by atoms with van der Waals surface area (Å²) < 4.78 is 0. The van der Waals surface area contributed by atoms with Gasteiger partial charge in [0.1, 0.15) is 0 Å². The minimum atomic E-state index is 0.0465. The number of amides is 1. The fraction of sp³-hybridized carbons (Fsp3) is 0.407. The summed E-state index contributed by atoms with van der Waals surface area (Å²) in [5.41, 5.74) is 3.82. The summed E-state index contributed by atoms with van der Waals surface area (Å²) in [6.07, 6.45) is 3.32. The SMILES string of the molecule is CC1CCc2nc(NC(=O)CN3CCN(C(c4ccccc4)c4ccccc4)CC3)sc2C1. The zero-order valence-corrected chi connectivity index (χ0v) is 20.1. The summed E-state index contributed by atoms with van der Waals surface area (Å²) in [4.78, 5) is 23.5. The second-order valence-corrected chi connectivity index (χ2v) is 10.4. The van der Waals surface area contributed by atoms with Gasteiger partial charge in [0.2, 0.25) is 5.91 Å². The number of hydrogen-bond acceptors (Lipinski definition) is 5. The van der Waals surface area contributed by atoms with Gasteiger partial charge in [0.15, 0.2) is 5.13 Å². The van der Waals surface area contributed by atoms with Crippen molar-refractivity contribution in [1.82, 2.24) is 14.8 Å². The minimum absolute atomic E-state index is 0.0465. The number of anilines is 1. The Bertz CT molecular complexity index is 1020. The third-order valence-electron chi connectivity index (χ3n) is 6.80. The van der Waals surface area contributed by atoms with E-state index in [4.69, 9.17) is 0 Å². The Morgan fingerprint density at radius 2 is 1.67 bits per heavy atom. The molecule has 1 aliphatic carbocycles. The summed E-state index contributed by atoms with van der Waals surface area (Å²) >= 11 is 1.66. The molecule has 0 saturated carbocycles. The molecule has 1 atom stereocenters. The maximum atomic E-state index is 12.7. The van der Waals surface area contributed by atoms with Gasteiger partial charge in [-0.3, -0.25) is 14.6 Å². The highest BCUT2D eigenvalue weighted by molar-refractivity contribution is 7.15. The van der Waals surface area contributed by atoms with Crippen LogP contribution in [0.2, 0.25) is 0 Å². The van der Waals surface area contributed by atoms with Crippen molar-refractivity contribution in [1.29, 1.82) is 0 Å². The van der Waals surface area contributed by atoms with Gasteiger partial charge in [-0.15, -0.1) is 11.3 Å². The number of nitrogens with one attached hydrogen (secondary N) is 1. The zero-order chi connectivity index (χ0) is 22.6. The maximum Gasteiger partial charge on any atom is 0.240 e. The standard InChI is InChI=1S/C27H32N4OS/c1-20-12-13-23-24(18-20)33-27(28-23)29-25(32)19-30-14-16-31(17-15-30)26(21-8-4-2-5-9-21)22-10-6-3-7-11-22/h2-11,20,26H,12-19H2,1H3,(H,28,29,32). The van der Waals surface area contributed by atoms with Gasteiger partial charge in [0.05, 0.1) is 18.3 Å². The van der Waals surface area contributed by atoms with Gasteiger partial charge < -0.3 is 5.32 Å². The van der Waals surface area contributed by atoms with E-state index in [1.54, 1.807) is 11.3 Å². The normalized spacial score (nSPS) is 19.4. The minimum Gasteiger partial charge on any atom is -0.301 e. The Balaban J connectivity index is 1.18. The number of carbonyl (C=O) groups excluding carboxylic acids is 1. The van der Waals surface area contributed by atoms with Crippen LogP contribution in [0.5, 0.6) is 0 Å². The van der Waals surface area contributed by atoms with E-state index in [2.05, 4.69) is 87.7 Å². The van der Waals surface area contributed by atoms with E-state index in [0.29, 0.717) is 12.5 Å². The molecule has 1 aliphatic heterocycles. The molecule has 1 saturated heterocycles. The van der Waals surface area contributed by atoms with E-state index in [9.17, 15) is 4.79 Å². The lowest BCUT2D eigenvalue weighted by atomic mass is 9.93. The second kappa shape index (κ2) is 10.2. The summed E-state index contributed by atoms with van der Waals surface area (Å²) in [6, 6.07) is 21.7. The number of hydrogen-bond donors (Lipinski definition) is 1. The van der Waals surface area contributed by atoms with E-state index in [0.717, 1.165) is 44.2 Å². The summed E-state index contributed by atoms with van der Waals surface area (Å²) in [5, 5.41) is 3.83. The molecule has 3 aromatic rings. The molecular formula is C27H32N4OS.